The Kier molecular flexibility index (Phi) is 5.75. The van der Waals surface area contributed by atoms with Crippen molar-refractivity contribution in [2.75, 3.05) is 0 Å². The zero-order valence-electron chi connectivity index (χ0n) is 9.99. The van der Waals surface area contributed by atoms with Gasteiger partial charge in [0.1, 0.15) is 0 Å². The van der Waals surface area contributed by atoms with Crippen molar-refractivity contribution in [1.29, 1.82) is 0 Å². The molecule has 90 valence electrons. The van der Waals surface area contributed by atoms with E-state index in [4.69, 9.17) is 0 Å². The lowest BCUT2D eigenvalue weighted by Gasteiger charge is -2.07. The zero-order chi connectivity index (χ0) is 11.2. The molecule has 17 heavy (non-hydrogen) atoms. The first kappa shape index (κ1) is 13.8. The second-order valence-electron chi connectivity index (χ2n) is 4.02. The van der Waals surface area contributed by atoms with Gasteiger partial charge in [-0.05, 0) is 23.6 Å². The van der Waals surface area contributed by atoms with Crippen LogP contribution in [0.2, 0.25) is 0 Å². The third-order valence-electron chi connectivity index (χ3n) is 2.75. The van der Waals surface area contributed by atoms with Crippen LogP contribution in [0.1, 0.15) is 16.7 Å². The van der Waals surface area contributed by atoms with Gasteiger partial charge in [0, 0.05) is 13.1 Å². The third-order valence-corrected chi connectivity index (χ3v) is 2.75. The summed E-state index contributed by atoms with van der Waals surface area (Å²) in [7, 11) is 0. The Labute approximate surface area is 109 Å². The Bertz CT molecular complexity index is 440. The maximum Gasteiger partial charge on any atom is 0.0211 e. The van der Waals surface area contributed by atoms with E-state index in [1.807, 2.05) is 6.07 Å². The van der Waals surface area contributed by atoms with E-state index in [9.17, 15) is 0 Å². The molecule has 0 bridgehead atoms. The molecule has 0 spiro atoms. The number of nitrogens with one attached hydrogen (secondary N) is 1. The van der Waals surface area contributed by atoms with Gasteiger partial charge in [0.2, 0.25) is 0 Å². The minimum atomic E-state index is 0. The second-order valence-corrected chi connectivity index (χ2v) is 4.02. The average Bonchev–Trinajstić information content (AvgIpc) is 2.33. The highest BCUT2D eigenvalue weighted by Crippen LogP contribution is 2.06. The maximum absolute atomic E-state index is 3.46. The normalized spacial score (nSPS) is 9.71. The van der Waals surface area contributed by atoms with Gasteiger partial charge < -0.3 is 17.7 Å². The van der Waals surface area contributed by atoms with Crippen LogP contribution in [0.5, 0.6) is 0 Å². The van der Waals surface area contributed by atoms with E-state index in [0.717, 1.165) is 13.1 Å². The van der Waals surface area contributed by atoms with Crippen LogP contribution in [0, 0.1) is 6.92 Å². The standard InChI is InChI=1S/C15H17N.ClH/c1-13-7-5-6-10-15(13)12-16-11-14-8-3-2-4-9-14;/h2-10,16H,11-12H2,1H3;1H/p-1. The molecule has 2 aromatic carbocycles. The molecule has 0 aliphatic heterocycles. The summed E-state index contributed by atoms with van der Waals surface area (Å²) in [4.78, 5) is 0. The van der Waals surface area contributed by atoms with Crippen molar-refractivity contribution in [3.05, 3.63) is 71.3 Å². The van der Waals surface area contributed by atoms with Crippen molar-refractivity contribution >= 4 is 0 Å². The highest BCUT2D eigenvalue weighted by Gasteiger charge is 1.96. The predicted octanol–water partition coefficient (Wildman–Crippen LogP) is 0.289. The largest absolute Gasteiger partial charge is 1.00 e. The van der Waals surface area contributed by atoms with E-state index in [0.29, 0.717) is 0 Å². The number of rotatable bonds is 4. The van der Waals surface area contributed by atoms with Crippen LogP contribution in [-0.2, 0) is 13.1 Å². The van der Waals surface area contributed by atoms with Crippen molar-refractivity contribution in [3.8, 4) is 0 Å². The van der Waals surface area contributed by atoms with Crippen LogP contribution in [0.25, 0.3) is 0 Å². The number of benzene rings is 2. The van der Waals surface area contributed by atoms with E-state index in [1.165, 1.54) is 16.7 Å². The summed E-state index contributed by atoms with van der Waals surface area (Å²) in [6.45, 7) is 4.01. The molecule has 0 aromatic heterocycles. The summed E-state index contributed by atoms with van der Waals surface area (Å²) in [5.74, 6) is 0. The Hall–Kier alpha value is -1.31. The minimum absolute atomic E-state index is 0. The minimum Gasteiger partial charge on any atom is -1.00 e. The highest BCUT2D eigenvalue weighted by molar-refractivity contribution is 5.25. The van der Waals surface area contributed by atoms with Gasteiger partial charge in [-0.25, -0.2) is 0 Å². The van der Waals surface area contributed by atoms with Crippen LogP contribution >= 0.6 is 0 Å². The molecule has 2 heteroatoms. The summed E-state index contributed by atoms with van der Waals surface area (Å²) < 4.78 is 0. The molecule has 0 heterocycles. The second kappa shape index (κ2) is 7.10. The van der Waals surface area contributed by atoms with Crippen LogP contribution < -0.4 is 17.7 Å². The van der Waals surface area contributed by atoms with Gasteiger partial charge in [-0.15, -0.1) is 0 Å². The highest BCUT2D eigenvalue weighted by atomic mass is 35.5. The molecular formula is C15H17ClN-. The SMILES string of the molecule is Cc1ccccc1CNCc1ccccc1.[Cl-]. The molecular weight excluding hydrogens is 230 g/mol. The summed E-state index contributed by atoms with van der Waals surface area (Å²) in [5.41, 5.74) is 4.05. The lowest BCUT2D eigenvalue weighted by atomic mass is 10.1. The average molecular weight is 247 g/mol. The van der Waals surface area contributed by atoms with Crippen LogP contribution in [0.3, 0.4) is 0 Å². The monoisotopic (exact) mass is 246 g/mol. The fraction of sp³-hybridized carbons (Fsp3) is 0.200. The lowest BCUT2D eigenvalue weighted by molar-refractivity contribution is -0.00000332. The van der Waals surface area contributed by atoms with Crippen LogP contribution in [0.4, 0.5) is 0 Å². The van der Waals surface area contributed by atoms with E-state index in [2.05, 4.69) is 60.8 Å². The number of halogens is 1. The number of hydrogen-bond donors (Lipinski definition) is 1. The molecule has 0 fully saturated rings. The first-order valence-corrected chi connectivity index (χ1v) is 5.65. The van der Waals surface area contributed by atoms with Crippen LogP contribution in [0.15, 0.2) is 54.6 Å². The first-order valence-electron chi connectivity index (χ1n) is 5.65. The van der Waals surface area contributed by atoms with Crippen molar-refractivity contribution in [2.24, 2.45) is 0 Å². The molecule has 2 rings (SSSR count). The van der Waals surface area contributed by atoms with Gasteiger partial charge in [-0.3, -0.25) is 0 Å². The number of hydrogen-bond acceptors (Lipinski definition) is 1. The van der Waals surface area contributed by atoms with E-state index >= 15 is 0 Å². The number of aryl methyl sites for hydroxylation is 1. The quantitative estimate of drug-likeness (QED) is 0.818. The molecule has 0 aliphatic carbocycles. The molecule has 2 aromatic rings. The van der Waals surface area contributed by atoms with Gasteiger partial charge >= 0.3 is 0 Å². The molecule has 0 saturated carbocycles. The zero-order valence-corrected chi connectivity index (χ0v) is 10.7. The lowest BCUT2D eigenvalue weighted by Crippen LogP contribution is -3.00. The Balaban J connectivity index is 0.00000144. The Morgan fingerprint density at radius 1 is 0.824 bits per heavy atom. The van der Waals surface area contributed by atoms with Crippen molar-refractivity contribution in [1.82, 2.24) is 5.32 Å². The van der Waals surface area contributed by atoms with Gasteiger partial charge in [0.05, 0.1) is 0 Å². The predicted molar refractivity (Wildman–Crippen MR) is 68.2 cm³/mol. The van der Waals surface area contributed by atoms with Crippen molar-refractivity contribution in [2.45, 2.75) is 20.0 Å². The van der Waals surface area contributed by atoms with Crippen molar-refractivity contribution < 1.29 is 12.4 Å². The molecule has 1 N–H and O–H groups in total. The fourth-order valence-electron chi connectivity index (χ4n) is 1.75. The molecule has 0 radical (unpaired) electrons. The van der Waals surface area contributed by atoms with Gasteiger partial charge in [0.15, 0.2) is 0 Å². The van der Waals surface area contributed by atoms with Gasteiger partial charge in [-0.2, -0.15) is 0 Å². The van der Waals surface area contributed by atoms with Crippen molar-refractivity contribution in [3.63, 3.8) is 0 Å². The molecule has 0 saturated heterocycles. The molecule has 1 nitrogen and oxygen atoms in total. The Morgan fingerprint density at radius 2 is 1.47 bits per heavy atom. The maximum atomic E-state index is 3.46. The van der Waals surface area contributed by atoms with E-state index in [1.54, 1.807) is 0 Å². The molecule has 0 atom stereocenters. The molecule has 0 amide bonds. The van der Waals surface area contributed by atoms with Crippen LogP contribution in [-0.4, -0.2) is 0 Å². The molecule has 0 unspecified atom stereocenters. The Morgan fingerprint density at radius 3 is 2.18 bits per heavy atom. The summed E-state index contributed by atoms with van der Waals surface area (Å²) in [6.07, 6.45) is 0. The van der Waals surface area contributed by atoms with E-state index in [-0.39, 0.29) is 12.4 Å². The molecule has 0 aliphatic rings. The van der Waals surface area contributed by atoms with Gasteiger partial charge in [0.25, 0.3) is 0 Å². The summed E-state index contributed by atoms with van der Waals surface area (Å²) in [5, 5.41) is 3.46. The summed E-state index contributed by atoms with van der Waals surface area (Å²) >= 11 is 0. The third kappa shape index (κ3) is 4.22. The smallest absolute Gasteiger partial charge is 0.0211 e. The van der Waals surface area contributed by atoms with Gasteiger partial charge in [-0.1, -0.05) is 54.6 Å². The summed E-state index contributed by atoms with van der Waals surface area (Å²) in [6, 6.07) is 19.0. The van der Waals surface area contributed by atoms with E-state index < -0.39 is 0 Å². The fourth-order valence-corrected chi connectivity index (χ4v) is 1.75. The first-order chi connectivity index (χ1) is 7.86. The topological polar surface area (TPSA) is 12.0 Å².